The van der Waals surface area contributed by atoms with Crippen LogP contribution in [0.15, 0.2) is 34.6 Å². The van der Waals surface area contributed by atoms with Crippen molar-refractivity contribution in [3.63, 3.8) is 0 Å². The summed E-state index contributed by atoms with van der Waals surface area (Å²) in [6.07, 6.45) is 4.24. The van der Waals surface area contributed by atoms with E-state index in [0.717, 1.165) is 16.2 Å². The Labute approximate surface area is 100.0 Å². The van der Waals surface area contributed by atoms with Gasteiger partial charge in [0.1, 0.15) is 0 Å². The highest BCUT2D eigenvalue weighted by molar-refractivity contribution is 7.15. The van der Waals surface area contributed by atoms with Crippen molar-refractivity contribution in [1.29, 1.82) is 0 Å². The van der Waals surface area contributed by atoms with E-state index in [1.807, 2.05) is 39.0 Å². The van der Waals surface area contributed by atoms with Crippen LogP contribution in [0.25, 0.3) is 4.96 Å². The predicted molar refractivity (Wildman–Crippen MR) is 65.4 cm³/mol. The normalized spacial score (nSPS) is 11.0. The van der Waals surface area contributed by atoms with E-state index in [1.54, 1.807) is 22.7 Å². The molecule has 0 aliphatic rings. The molecule has 0 saturated heterocycles. The number of Topliss-reactive ketones (excluding diaryl/α,β-unsaturated/α-hetero) is 1. The lowest BCUT2D eigenvalue weighted by atomic mass is 10.1. The number of hydrogen-bond donors (Lipinski definition) is 0. The number of thiophene rings is 1. The molecule has 0 amide bonds. The molecule has 0 aliphatic carbocycles. The Bertz CT molecular complexity index is 593. The second-order valence-corrected chi connectivity index (χ2v) is 5.09. The van der Waals surface area contributed by atoms with Gasteiger partial charge in [0.25, 0.3) is 0 Å². The van der Waals surface area contributed by atoms with Gasteiger partial charge in [-0.1, -0.05) is 0 Å². The molecule has 3 aromatic rings. The van der Waals surface area contributed by atoms with Crippen molar-refractivity contribution in [3.05, 3.63) is 45.9 Å². The number of carbonyl (C=O) groups is 1. The van der Waals surface area contributed by atoms with Crippen LogP contribution in [0.2, 0.25) is 0 Å². The van der Waals surface area contributed by atoms with Gasteiger partial charge in [-0.3, -0.25) is 9.20 Å². The van der Waals surface area contributed by atoms with E-state index < -0.39 is 0 Å². The van der Waals surface area contributed by atoms with E-state index in [-0.39, 0.29) is 5.78 Å². The van der Waals surface area contributed by atoms with Gasteiger partial charge in [-0.2, -0.15) is 11.3 Å². The van der Waals surface area contributed by atoms with Gasteiger partial charge < -0.3 is 0 Å². The lowest BCUT2D eigenvalue weighted by Crippen LogP contribution is -2.01. The zero-order valence-electron chi connectivity index (χ0n) is 8.29. The minimum absolute atomic E-state index is 0.131. The fraction of sp³-hybridized carbons (Fsp3) is 0.0909. The van der Waals surface area contributed by atoms with Crippen LogP contribution in [-0.2, 0) is 6.42 Å². The Morgan fingerprint density at radius 2 is 2.38 bits per heavy atom. The van der Waals surface area contributed by atoms with Crippen LogP contribution in [0.4, 0.5) is 0 Å². The van der Waals surface area contributed by atoms with Gasteiger partial charge in [0.2, 0.25) is 0 Å². The van der Waals surface area contributed by atoms with Crippen LogP contribution in [-0.4, -0.2) is 15.2 Å². The fourth-order valence-electron chi connectivity index (χ4n) is 1.55. The summed E-state index contributed by atoms with van der Waals surface area (Å²) in [4.78, 5) is 17.2. The molecule has 0 bridgehead atoms. The second kappa shape index (κ2) is 3.84. The molecule has 0 N–H and O–H groups in total. The number of imidazole rings is 1. The SMILES string of the molecule is O=C(Cc1cn2ccsc2n1)c1ccsc1. The van der Waals surface area contributed by atoms with Gasteiger partial charge in [-0.15, -0.1) is 11.3 Å². The standard InChI is InChI=1S/C11H8N2OS2/c14-10(8-1-3-15-7-8)5-9-6-13-2-4-16-11(13)12-9/h1-4,6-7H,5H2. The van der Waals surface area contributed by atoms with Gasteiger partial charge in [0, 0.05) is 28.7 Å². The Morgan fingerprint density at radius 1 is 1.44 bits per heavy atom. The first-order valence-corrected chi connectivity index (χ1v) is 6.61. The maximum absolute atomic E-state index is 11.8. The number of thiazole rings is 1. The van der Waals surface area contributed by atoms with Crippen molar-refractivity contribution in [1.82, 2.24) is 9.38 Å². The Kier molecular flexibility index (Phi) is 2.34. The van der Waals surface area contributed by atoms with Gasteiger partial charge in [0.05, 0.1) is 12.1 Å². The summed E-state index contributed by atoms with van der Waals surface area (Å²) < 4.78 is 1.95. The summed E-state index contributed by atoms with van der Waals surface area (Å²) in [5, 5.41) is 5.77. The zero-order valence-corrected chi connectivity index (χ0v) is 9.92. The van der Waals surface area contributed by atoms with Crippen molar-refractivity contribution in [2.24, 2.45) is 0 Å². The number of hydrogen-bond acceptors (Lipinski definition) is 4. The van der Waals surface area contributed by atoms with E-state index >= 15 is 0 Å². The average molecular weight is 248 g/mol. The van der Waals surface area contributed by atoms with Crippen LogP contribution < -0.4 is 0 Å². The third-order valence-electron chi connectivity index (χ3n) is 2.33. The predicted octanol–water partition coefficient (Wildman–Crippen LogP) is 2.88. The molecule has 80 valence electrons. The molecule has 0 saturated carbocycles. The number of rotatable bonds is 3. The van der Waals surface area contributed by atoms with Gasteiger partial charge in [0.15, 0.2) is 10.7 Å². The first kappa shape index (κ1) is 9.74. The number of ketones is 1. The van der Waals surface area contributed by atoms with Crippen LogP contribution >= 0.6 is 22.7 Å². The number of fused-ring (bicyclic) bond motifs is 1. The molecule has 3 rings (SSSR count). The topological polar surface area (TPSA) is 34.4 Å². The van der Waals surface area contributed by atoms with E-state index in [2.05, 4.69) is 4.98 Å². The molecule has 0 spiro atoms. The van der Waals surface area contributed by atoms with Gasteiger partial charge in [-0.05, 0) is 11.4 Å². The molecule has 0 aliphatic heterocycles. The summed E-state index contributed by atoms with van der Waals surface area (Å²) in [5.74, 6) is 0.131. The Hall–Kier alpha value is -1.46. The third kappa shape index (κ3) is 1.68. The van der Waals surface area contributed by atoms with Crippen LogP contribution in [0.1, 0.15) is 16.1 Å². The van der Waals surface area contributed by atoms with Crippen molar-refractivity contribution < 1.29 is 4.79 Å². The van der Waals surface area contributed by atoms with E-state index in [9.17, 15) is 4.79 Å². The Morgan fingerprint density at radius 3 is 3.12 bits per heavy atom. The molecule has 0 radical (unpaired) electrons. The molecule has 0 fully saturated rings. The third-order valence-corrected chi connectivity index (χ3v) is 3.78. The molecule has 0 atom stereocenters. The molecule has 3 nitrogen and oxygen atoms in total. The molecular formula is C11H8N2OS2. The number of carbonyl (C=O) groups excluding carboxylic acids is 1. The van der Waals surface area contributed by atoms with Crippen molar-refractivity contribution in [3.8, 4) is 0 Å². The van der Waals surface area contributed by atoms with Crippen LogP contribution in [0.5, 0.6) is 0 Å². The molecule has 16 heavy (non-hydrogen) atoms. The highest BCUT2D eigenvalue weighted by Crippen LogP contribution is 2.14. The summed E-state index contributed by atoms with van der Waals surface area (Å²) in [5.41, 5.74) is 1.62. The first-order chi connectivity index (χ1) is 7.83. The van der Waals surface area contributed by atoms with Crippen molar-refractivity contribution in [2.75, 3.05) is 0 Å². The Balaban J connectivity index is 1.85. The first-order valence-electron chi connectivity index (χ1n) is 4.79. The average Bonchev–Trinajstić information content (AvgIpc) is 2.91. The lowest BCUT2D eigenvalue weighted by molar-refractivity contribution is 0.0992. The summed E-state index contributed by atoms with van der Waals surface area (Å²) in [7, 11) is 0. The van der Waals surface area contributed by atoms with Crippen LogP contribution in [0.3, 0.4) is 0 Å². The monoisotopic (exact) mass is 248 g/mol. The van der Waals surface area contributed by atoms with E-state index in [1.165, 1.54) is 0 Å². The second-order valence-electron chi connectivity index (χ2n) is 3.44. The maximum atomic E-state index is 11.8. The molecular weight excluding hydrogens is 240 g/mol. The van der Waals surface area contributed by atoms with Gasteiger partial charge >= 0.3 is 0 Å². The summed E-state index contributed by atoms with van der Waals surface area (Å²) in [6, 6.07) is 1.85. The molecule has 3 heterocycles. The highest BCUT2D eigenvalue weighted by atomic mass is 32.1. The number of aromatic nitrogens is 2. The van der Waals surface area contributed by atoms with E-state index in [4.69, 9.17) is 0 Å². The highest BCUT2D eigenvalue weighted by Gasteiger charge is 2.10. The smallest absolute Gasteiger partial charge is 0.193 e. The maximum Gasteiger partial charge on any atom is 0.193 e. The zero-order chi connectivity index (χ0) is 11.0. The molecule has 0 aromatic carbocycles. The largest absolute Gasteiger partial charge is 0.297 e. The van der Waals surface area contributed by atoms with Crippen molar-refractivity contribution >= 4 is 33.4 Å². The van der Waals surface area contributed by atoms with E-state index in [0.29, 0.717) is 6.42 Å². The summed E-state index contributed by atoms with van der Waals surface area (Å²) in [6.45, 7) is 0. The fourth-order valence-corrected chi connectivity index (χ4v) is 2.93. The minimum atomic E-state index is 0.131. The molecule has 5 heteroatoms. The molecule has 3 aromatic heterocycles. The minimum Gasteiger partial charge on any atom is -0.297 e. The quantitative estimate of drug-likeness (QED) is 0.668. The number of nitrogens with zero attached hydrogens (tertiary/aromatic N) is 2. The van der Waals surface area contributed by atoms with Crippen LogP contribution in [0, 0.1) is 0 Å². The lowest BCUT2D eigenvalue weighted by Gasteiger charge is -1.93. The van der Waals surface area contributed by atoms with Crippen molar-refractivity contribution in [2.45, 2.75) is 6.42 Å². The van der Waals surface area contributed by atoms with Gasteiger partial charge in [-0.25, -0.2) is 4.98 Å². The molecule has 0 unspecified atom stereocenters. The summed E-state index contributed by atoms with van der Waals surface area (Å²) >= 11 is 3.12.